The Bertz CT molecular complexity index is 590. The van der Waals surface area contributed by atoms with Gasteiger partial charge in [-0.1, -0.05) is 12.1 Å². The van der Waals surface area contributed by atoms with Gasteiger partial charge in [-0.2, -0.15) is 0 Å². The van der Waals surface area contributed by atoms with E-state index in [-0.39, 0.29) is 5.91 Å². The second-order valence-electron chi connectivity index (χ2n) is 5.61. The molecule has 0 unspecified atom stereocenters. The van der Waals surface area contributed by atoms with E-state index in [2.05, 4.69) is 16.9 Å². The molecule has 0 bridgehead atoms. The third-order valence-corrected chi connectivity index (χ3v) is 3.96. The number of amides is 1. The molecule has 0 aliphatic carbocycles. The number of aromatic nitrogens is 1. The zero-order valence-electron chi connectivity index (χ0n) is 12.4. The Hall–Kier alpha value is -1.88. The number of benzene rings is 1. The van der Waals surface area contributed by atoms with E-state index in [1.165, 1.54) is 0 Å². The number of rotatable bonds is 3. The molecular weight excluding hydrogens is 266 g/mol. The van der Waals surface area contributed by atoms with Gasteiger partial charge in [0, 0.05) is 32.5 Å². The molecule has 1 aliphatic rings. The van der Waals surface area contributed by atoms with Crippen LogP contribution in [-0.2, 0) is 11.2 Å². The molecule has 5 heteroatoms. The Kier molecular flexibility index (Phi) is 4.20. The number of nitrogens with zero attached hydrogens (tertiary/aromatic N) is 3. The van der Waals surface area contributed by atoms with Gasteiger partial charge in [0.05, 0.1) is 0 Å². The lowest BCUT2D eigenvalue weighted by Crippen LogP contribution is -2.34. The second kappa shape index (κ2) is 6.26. The fourth-order valence-electron chi connectivity index (χ4n) is 2.69. The first-order chi connectivity index (χ1) is 10.2. The van der Waals surface area contributed by atoms with Crippen LogP contribution in [-0.4, -0.2) is 53.9 Å². The Balaban J connectivity index is 1.57. The standard InChI is InChI=1S/C16H21N3O2/c1-18-9-4-10-19(12-11-18)16(20)8-7-15-17-13-5-2-3-6-14(13)21-15/h2-3,5-6H,4,7-12H2,1H3. The molecule has 0 atom stereocenters. The number of aryl methyl sites for hydroxylation is 1. The summed E-state index contributed by atoms with van der Waals surface area (Å²) >= 11 is 0. The van der Waals surface area contributed by atoms with Gasteiger partial charge in [-0.05, 0) is 32.1 Å². The van der Waals surface area contributed by atoms with Crippen molar-refractivity contribution in [3.63, 3.8) is 0 Å². The van der Waals surface area contributed by atoms with Crippen molar-refractivity contribution in [1.29, 1.82) is 0 Å². The van der Waals surface area contributed by atoms with Gasteiger partial charge in [0.15, 0.2) is 11.5 Å². The molecule has 1 saturated heterocycles. The number of para-hydroxylation sites is 2. The molecule has 2 heterocycles. The van der Waals surface area contributed by atoms with Crippen LogP contribution >= 0.6 is 0 Å². The van der Waals surface area contributed by atoms with Crippen LogP contribution in [0.25, 0.3) is 11.1 Å². The van der Waals surface area contributed by atoms with Crippen molar-refractivity contribution < 1.29 is 9.21 Å². The van der Waals surface area contributed by atoms with E-state index >= 15 is 0 Å². The molecule has 0 saturated carbocycles. The smallest absolute Gasteiger partial charge is 0.223 e. The van der Waals surface area contributed by atoms with Gasteiger partial charge in [-0.25, -0.2) is 4.98 Å². The Morgan fingerprint density at radius 1 is 1.24 bits per heavy atom. The van der Waals surface area contributed by atoms with Gasteiger partial charge in [-0.15, -0.1) is 0 Å². The third-order valence-electron chi connectivity index (χ3n) is 3.96. The molecule has 0 N–H and O–H groups in total. The normalized spacial score (nSPS) is 17.1. The van der Waals surface area contributed by atoms with Crippen LogP contribution in [0.5, 0.6) is 0 Å². The van der Waals surface area contributed by atoms with Crippen LogP contribution in [0.1, 0.15) is 18.7 Å². The number of likely N-dealkylation sites (N-methyl/N-ethyl adjacent to an activating group) is 1. The monoisotopic (exact) mass is 287 g/mol. The third kappa shape index (κ3) is 3.42. The van der Waals surface area contributed by atoms with Crippen molar-refractivity contribution in [2.75, 3.05) is 33.2 Å². The van der Waals surface area contributed by atoms with Crippen LogP contribution < -0.4 is 0 Å². The fourth-order valence-corrected chi connectivity index (χ4v) is 2.69. The Morgan fingerprint density at radius 2 is 2.10 bits per heavy atom. The van der Waals surface area contributed by atoms with Crippen LogP contribution in [0.3, 0.4) is 0 Å². The van der Waals surface area contributed by atoms with E-state index in [0.717, 1.165) is 43.7 Å². The Labute approximate surface area is 124 Å². The minimum absolute atomic E-state index is 0.201. The number of oxazole rings is 1. The average Bonchev–Trinajstić information content (AvgIpc) is 2.78. The zero-order valence-corrected chi connectivity index (χ0v) is 12.4. The molecule has 0 spiro atoms. The highest BCUT2D eigenvalue weighted by Gasteiger charge is 2.18. The Morgan fingerprint density at radius 3 is 2.95 bits per heavy atom. The minimum atomic E-state index is 0.201. The van der Waals surface area contributed by atoms with Gasteiger partial charge in [-0.3, -0.25) is 4.79 Å². The first-order valence-corrected chi connectivity index (χ1v) is 7.53. The van der Waals surface area contributed by atoms with Crippen molar-refractivity contribution in [1.82, 2.24) is 14.8 Å². The quantitative estimate of drug-likeness (QED) is 0.865. The summed E-state index contributed by atoms with van der Waals surface area (Å²) in [7, 11) is 2.10. The molecule has 0 radical (unpaired) electrons. The van der Waals surface area contributed by atoms with E-state index in [1.807, 2.05) is 29.2 Å². The van der Waals surface area contributed by atoms with Crippen molar-refractivity contribution in [3.05, 3.63) is 30.2 Å². The molecular formula is C16H21N3O2. The molecule has 2 aromatic rings. The topological polar surface area (TPSA) is 49.6 Å². The SMILES string of the molecule is CN1CCCN(C(=O)CCc2nc3ccccc3o2)CC1. The summed E-state index contributed by atoms with van der Waals surface area (Å²) < 4.78 is 5.66. The number of fused-ring (bicyclic) bond motifs is 1. The molecule has 112 valence electrons. The summed E-state index contributed by atoms with van der Waals surface area (Å²) in [5.41, 5.74) is 1.65. The van der Waals surface area contributed by atoms with Crippen LogP contribution in [0, 0.1) is 0 Å². The van der Waals surface area contributed by atoms with Gasteiger partial charge in [0.2, 0.25) is 5.91 Å². The highest BCUT2D eigenvalue weighted by atomic mass is 16.3. The first-order valence-electron chi connectivity index (χ1n) is 7.53. The second-order valence-corrected chi connectivity index (χ2v) is 5.61. The zero-order chi connectivity index (χ0) is 14.7. The summed E-state index contributed by atoms with van der Waals surface area (Å²) in [5.74, 6) is 0.851. The highest BCUT2D eigenvalue weighted by molar-refractivity contribution is 5.76. The van der Waals surface area contributed by atoms with Gasteiger partial charge in [0.25, 0.3) is 0 Å². The van der Waals surface area contributed by atoms with E-state index in [1.54, 1.807) is 0 Å². The average molecular weight is 287 g/mol. The molecule has 5 nitrogen and oxygen atoms in total. The van der Waals surface area contributed by atoms with Gasteiger partial charge < -0.3 is 14.2 Å². The summed E-state index contributed by atoms with van der Waals surface area (Å²) in [4.78, 5) is 20.9. The minimum Gasteiger partial charge on any atom is -0.441 e. The summed E-state index contributed by atoms with van der Waals surface area (Å²) in [6, 6.07) is 7.69. The number of carbonyl (C=O) groups excluding carboxylic acids is 1. The van der Waals surface area contributed by atoms with E-state index in [4.69, 9.17) is 4.42 Å². The molecule has 1 aliphatic heterocycles. The highest BCUT2D eigenvalue weighted by Crippen LogP contribution is 2.16. The van der Waals surface area contributed by atoms with Crippen LogP contribution in [0.15, 0.2) is 28.7 Å². The number of carbonyl (C=O) groups is 1. The van der Waals surface area contributed by atoms with E-state index in [9.17, 15) is 4.79 Å². The maximum Gasteiger partial charge on any atom is 0.223 e. The predicted octanol–water partition coefficient (Wildman–Crippen LogP) is 1.92. The first kappa shape index (κ1) is 14.1. The van der Waals surface area contributed by atoms with E-state index < -0.39 is 0 Å². The predicted molar refractivity (Wildman–Crippen MR) is 81.0 cm³/mol. The number of hydrogen-bond acceptors (Lipinski definition) is 4. The van der Waals surface area contributed by atoms with Crippen molar-refractivity contribution in [2.45, 2.75) is 19.3 Å². The molecule has 1 fully saturated rings. The molecule has 3 rings (SSSR count). The molecule has 1 aromatic heterocycles. The summed E-state index contributed by atoms with van der Waals surface area (Å²) in [5, 5.41) is 0. The van der Waals surface area contributed by atoms with Gasteiger partial charge in [0.1, 0.15) is 5.52 Å². The van der Waals surface area contributed by atoms with Crippen molar-refractivity contribution in [3.8, 4) is 0 Å². The lowest BCUT2D eigenvalue weighted by Gasteiger charge is -2.20. The maximum absolute atomic E-state index is 12.3. The summed E-state index contributed by atoms with van der Waals surface area (Å²) in [6.07, 6.45) is 2.08. The summed E-state index contributed by atoms with van der Waals surface area (Å²) in [6.45, 7) is 3.70. The lowest BCUT2D eigenvalue weighted by molar-refractivity contribution is -0.131. The van der Waals surface area contributed by atoms with Crippen LogP contribution in [0.2, 0.25) is 0 Å². The van der Waals surface area contributed by atoms with Crippen molar-refractivity contribution in [2.24, 2.45) is 0 Å². The molecule has 1 aromatic carbocycles. The van der Waals surface area contributed by atoms with E-state index in [0.29, 0.717) is 18.7 Å². The fraction of sp³-hybridized carbons (Fsp3) is 0.500. The van der Waals surface area contributed by atoms with Gasteiger partial charge >= 0.3 is 0 Å². The molecule has 1 amide bonds. The van der Waals surface area contributed by atoms with Crippen LogP contribution in [0.4, 0.5) is 0 Å². The maximum atomic E-state index is 12.3. The molecule has 21 heavy (non-hydrogen) atoms. The largest absolute Gasteiger partial charge is 0.441 e. The number of hydrogen-bond donors (Lipinski definition) is 0. The lowest BCUT2D eigenvalue weighted by atomic mass is 10.2. The van der Waals surface area contributed by atoms with Crippen molar-refractivity contribution >= 4 is 17.0 Å².